The number of hydrogen-bond acceptors (Lipinski definition) is 3. The highest BCUT2D eigenvalue weighted by Crippen LogP contribution is 2.24. The van der Waals surface area contributed by atoms with Gasteiger partial charge in [0.1, 0.15) is 12.1 Å². The summed E-state index contributed by atoms with van der Waals surface area (Å²) >= 11 is 5.89. The third kappa shape index (κ3) is 3.76. The molecular weight excluding hydrogens is 294 g/mol. The van der Waals surface area contributed by atoms with Gasteiger partial charge in [-0.2, -0.15) is 0 Å². The number of aliphatic carboxylic acids is 1. The molecule has 2 rings (SSSR count). The number of hydrogen-bond donors (Lipinski definition) is 1. The highest BCUT2D eigenvalue weighted by molar-refractivity contribution is 6.31. The van der Waals surface area contributed by atoms with Gasteiger partial charge in [0.25, 0.3) is 5.91 Å². The number of carboxylic acid groups (broad SMARTS) is 1. The van der Waals surface area contributed by atoms with E-state index in [-0.39, 0.29) is 18.2 Å². The van der Waals surface area contributed by atoms with Gasteiger partial charge in [-0.15, -0.1) is 0 Å². The average Bonchev–Trinajstić information content (AvgIpc) is 2.78. The molecule has 6 heteroatoms. The summed E-state index contributed by atoms with van der Waals surface area (Å²) < 4.78 is 5.49. The summed E-state index contributed by atoms with van der Waals surface area (Å²) in [6, 6.07) is 6.63. The quantitative estimate of drug-likeness (QED) is 0.920. The maximum atomic E-state index is 12.4. The van der Waals surface area contributed by atoms with Crippen molar-refractivity contribution in [3.05, 3.63) is 35.0 Å². The molecule has 1 heterocycles. The fourth-order valence-corrected chi connectivity index (χ4v) is 2.28. The lowest BCUT2D eigenvalue weighted by atomic mass is 10.2. The molecule has 0 radical (unpaired) electrons. The zero-order valence-electron chi connectivity index (χ0n) is 11.8. The Morgan fingerprint density at radius 1 is 1.33 bits per heavy atom. The minimum atomic E-state index is -1.05. The van der Waals surface area contributed by atoms with E-state index in [0.717, 1.165) is 0 Å². The van der Waals surface area contributed by atoms with E-state index in [1.807, 2.05) is 13.8 Å². The number of rotatable bonds is 5. The molecule has 0 fully saturated rings. The van der Waals surface area contributed by atoms with E-state index < -0.39 is 11.9 Å². The molecule has 0 saturated heterocycles. The van der Waals surface area contributed by atoms with Crippen molar-refractivity contribution in [2.24, 2.45) is 5.92 Å². The molecule has 0 atom stereocenters. The van der Waals surface area contributed by atoms with Crippen LogP contribution < -0.4 is 0 Å². The first-order valence-corrected chi connectivity index (χ1v) is 6.94. The second kappa shape index (κ2) is 6.18. The van der Waals surface area contributed by atoms with E-state index in [4.69, 9.17) is 21.1 Å². The molecule has 1 aromatic heterocycles. The van der Waals surface area contributed by atoms with E-state index in [1.54, 1.807) is 24.3 Å². The van der Waals surface area contributed by atoms with Crippen LogP contribution in [0.1, 0.15) is 24.4 Å². The van der Waals surface area contributed by atoms with E-state index in [2.05, 4.69) is 0 Å². The zero-order valence-corrected chi connectivity index (χ0v) is 12.6. The lowest BCUT2D eigenvalue weighted by Gasteiger charge is -2.21. The molecule has 112 valence electrons. The van der Waals surface area contributed by atoms with Crippen molar-refractivity contribution in [3.63, 3.8) is 0 Å². The molecule has 0 aliphatic rings. The second-order valence-corrected chi connectivity index (χ2v) is 5.70. The Bertz CT molecular complexity index is 677. The first-order chi connectivity index (χ1) is 9.86. The minimum absolute atomic E-state index is 0.120. The van der Waals surface area contributed by atoms with Crippen LogP contribution in [-0.4, -0.2) is 35.0 Å². The van der Waals surface area contributed by atoms with E-state index in [0.29, 0.717) is 22.5 Å². The van der Waals surface area contributed by atoms with Crippen LogP contribution in [-0.2, 0) is 4.79 Å². The van der Waals surface area contributed by atoms with Gasteiger partial charge in [0.15, 0.2) is 5.76 Å². The monoisotopic (exact) mass is 309 g/mol. The molecule has 0 saturated carbocycles. The molecule has 2 aromatic rings. The van der Waals surface area contributed by atoms with Crippen molar-refractivity contribution in [1.29, 1.82) is 0 Å². The number of amides is 1. The zero-order chi connectivity index (χ0) is 15.6. The Labute approximate surface area is 127 Å². The van der Waals surface area contributed by atoms with Crippen molar-refractivity contribution in [3.8, 4) is 0 Å². The predicted octanol–water partition coefficient (Wildman–Crippen LogP) is 3.27. The summed E-state index contributed by atoms with van der Waals surface area (Å²) in [5.41, 5.74) is 0.544. The summed E-state index contributed by atoms with van der Waals surface area (Å²) in [5, 5.41) is 10.2. The summed E-state index contributed by atoms with van der Waals surface area (Å²) in [6.07, 6.45) is 0. The maximum absolute atomic E-state index is 12.4. The summed E-state index contributed by atoms with van der Waals surface area (Å²) in [5.74, 6) is -1.21. The Hall–Kier alpha value is -2.01. The molecule has 0 aliphatic heterocycles. The molecular formula is C15H16ClNO4. The highest BCUT2D eigenvalue weighted by atomic mass is 35.5. The van der Waals surface area contributed by atoms with Crippen molar-refractivity contribution >= 4 is 34.4 Å². The molecule has 0 spiro atoms. The number of carbonyl (C=O) groups is 2. The normalized spacial score (nSPS) is 11.0. The number of nitrogens with zero attached hydrogens (tertiary/aromatic N) is 1. The second-order valence-electron chi connectivity index (χ2n) is 5.27. The fraction of sp³-hybridized carbons (Fsp3) is 0.333. The number of carbonyl (C=O) groups excluding carboxylic acids is 1. The molecule has 21 heavy (non-hydrogen) atoms. The predicted molar refractivity (Wildman–Crippen MR) is 79.6 cm³/mol. The molecule has 1 N–H and O–H groups in total. The fourth-order valence-electron chi connectivity index (χ4n) is 2.10. The SMILES string of the molecule is CC(C)CN(CC(=O)O)C(=O)c1cc2cc(Cl)ccc2o1. The van der Waals surface area contributed by atoms with Crippen LogP contribution in [0.3, 0.4) is 0 Å². The Morgan fingerprint density at radius 3 is 2.67 bits per heavy atom. The van der Waals surface area contributed by atoms with Crippen molar-refractivity contribution in [1.82, 2.24) is 4.90 Å². The Morgan fingerprint density at radius 2 is 2.05 bits per heavy atom. The van der Waals surface area contributed by atoms with Crippen LogP contribution in [0.15, 0.2) is 28.7 Å². The van der Waals surface area contributed by atoms with Gasteiger partial charge in [-0.25, -0.2) is 0 Å². The van der Waals surface area contributed by atoms with Gasteiger partial charge >= 0.3 is 5.97 Å². The number of furan rings is 1. The lowest BCUT2D eigenvalue weighted by Crippen LogP contribution is -2.38. The summed E-state index contributed by atoms with van der Waals surface area (Å²) in [7, 11) is 0. The first-order valence-electron chi connectivity index (χ1n) is 6.57. The smallest absolute Gasteiger partial charge is 0.323 e. The van der Waals surface area contributed by atoms with Crippen LogP contribution in [0, 0.1) is 5.92 Å². The van der Waals surface area contributed by atoms with E-state index in [9.17, 15) is 9.59 Å². The largest absolute Gasteiger partial charge is 0.480 e. The van der Waals surface area contributed by atoms with Gasteiger partial charge in [0.2, 0.25) is 0 Å². The average molecular weight is 310 g/mol. The summed E-state index contributed by atoms with van der Waals surface area (Å²) in [4.78, 5) is 24.6. The Balaban J connectivity index is 2.30. The van der Waals surface area contributed by atoms with Crippen LogP contribution >= 0.6 is 11.6 Å². The third-order valence-corrected chi connectivity index (χ3v) is 3.12. The van der Waals surface area contributed by atoms with Gasteiger partial charge in [-0.3, -0.25) is 9.59 Å². The molecule has 0 bridgehead atoms. The lowest BCUT2D eigenvalue weighted by molar-refractivity contribution is -0.137. The van der Waals surface area contributed by atoms with Crippen LogP contribution in [0.2, 0.25) is 5.02 Å². The van der Waals surface area contributed by atoms with Crippen LogP contribution in [0.4, 0.5) is 0 Å². The van der Waals surface area contributed by atoms with Crippen LogP contribution in [0.25, 0.3) is 11.0 Å². The van der Waals surface area contributed by atoms with Crippen molar-refractivity contribution in [2.45, 2.75) is 13.8 Å². The number of fused-ring (bicyclic) bond motifs is 1. The number of benzene rings is 1. The van der Waals surface area contributed by atoms with Crippen molar-refractivity contribution in [2.75, 3.05) is 13.1 Å². The molecule has 0 unspecified atom stereocenters. The first kappa shape index (κ1) is 15.4. The minimum Gasteiger partial charge on any atom is -0.480 e. The third-order valence-electron chi connectivity index (χ3n) is 2.89. The standard InChI is InChI=1S/C15H16ClNO4/c1-9(2)7-17(8-14(18)19)15(20)13-6-10-5-11(16)3-4-12(10)21-13/h3-6,9H,7-8H2,1-2H3,(H,18,19). The van der Waals surface area contributed by atoms with Gasteiger partial charge in [0.05, 0.1) is 0 Å². The van der Waals surface area contributed by atoms with Crippen LogP contribution in [0.5, 0.6) is 0 Å². The number of halogens is 1. The molecule has 1 aromatic carbocycles. The van der Waals surface area contributed by atoms with E-state index in [1.165, 1.54) is 4.90 Å². The van der Waals surface area contributed by atoms with Gasteiger partial charge in [0, 0.05) is 17.0 Å². The number of carboxylic acids is 1. The summed E-state index contributed by atoms with van der Waals surface area (Å²) in [6.45, 7) is 3.83. The van der Waals surface area contributed by atoms with E-state index >= 15 is 0 Å². The Kier molecular flexibility index (Phi) is 4.53. The molecule has 5 nitrogen and oxygen atoms in total. The topological polar surface area (TPSA) is 70.8 Å². The van der Waals surface area contributed by atoms with Gasteiger partial charge in [-0.05, 0) is 30.2 Å². The highest BCUT2D eigenvalue weighted by Gasteiger charge is 2.22. The molecule has 1 amide bonds. The van der Waals surface area contributed by atoms with Crippen molar-refractivity contribution < 1.29 is 19.1 Å². The van der Waals surface area contributed by atoms with Gasteiger partial charge < -0.3 is 14.4 Å². The van der Waals surface area contributed by atoms with Gasteiger partial charge in [-0.1, -0.05) is 25.4 Å². The maximum Gasteiger partial charge on any atom is 0.323 e. The molecule has 0 aliphatic carbocycles.